The molecule has 0 radical (unpaired) electrons. The largest absolute Gasteiger partial charge is 0.497 e. The highest BCUT2D eigenvalue weighted by Gasteiger charge is 2.03. The third-order valence-corrected chi connectivity index (χ3v) is 1.70. The highest BCUT2D eigenvalue weighted by Crippen LogP contribution is 2.15. The second kappa shape index (κ2) is 5.75. The Morgan fingerprint density at radius 1 is 1.44 bits per heavy atom. The van der Waals surface area contributed by atoms with Gasteiger partial charge in [0.2, 0.25) is 0 Å². The van der Waals surface area contributed by atoms with Gasteiger partial charge in [-0.05, 0) is 24.3 Å². The van der Waals surface area contributed by atoms with Gasteiger partial charge in [-0.25, -0.2) is 9.18 Å². The van der Waals surface area contributed by atoms with E-state index < -0.39 is 18.5 Å². The number of amides is 1. The Kier molecular flexibility index (Phi) is 4.32. The molecule has 0 aromatic heterocycles. The van der Waals surface area contributed by atoms with Gasteiger partial charge < -0.3 is 9.47 Å². The first-order chi connectivity index (χ1) is 7.61. The Hall–Kier alpha value is -2.04. The van der Waals surface area contributed by atoms with Crippen LogP contribution in [0.1, 0.15) is 0 Å². The molecule has 1 amide bonds. The van der Waals surface area contributed by atoms with Gasteiger partial charge in [-0.15, -0.1) is 0 Å². The summed E-state index contributed by atoms with van der Waals surface area (Å²) in [4.78, 5) is 11.1. The quantitative estimate of drug-likeness (QED) is 0.857. The number of hydrogen-bond acceptors (Lipinski definition) is 3. The van der Waals surface area contributed by atoms with Crippen molar-refractivity contribution in [2.45, 2.75) is 0 Å². The van der Waals surface area contributed by atoms with Crippen LogP contribution in [0.2, 0.25) is 0 Å². The van der Waals surface area contributed by atoms with Crippen molar-refractivity contribution < 1.29 is 18.7 Å². The first-order valence-electron chi connectivity index (χ1n) is 4.53. The number of ether oxygens (including phenoxy) is 2. The van der Waals surface area contributed by atoms with Gasteiger partial charge in [0, 0.05) is 5.69 Å². The molecule has 4 nitrogen and oxygen atoms in total. The van der Waals surface area contributed by atoms with Gasteiger partial charge in [0.05, 0.1) is 7.11 Å². The van der Waals surface area contributed by atoms with E-state index in [4.69, 9.17) is 4.74 Å². The molecular weight excluding hydrogens is 213 g/mol. The zero-order valence-corrected chi connectivity index (χ0v) is 8.83. The van der Waals surface area contributed by atoms with E-state index in [0.717, 1.165) is 0 Å². The average Bonchev–Trinajstić information content (AvgIpc) is 2.27. The van der Waals surface area contributed by atoms with Gasteiger partial charge in [-0.3, -0.25) is 5.32 Å². The zero-order chi connectivity index (χ0) is 12.0. The van der Waals surface area contributed by atoms with Crippen LogP contribution in [-0.2, 0) is 4.74 Å². The maximum absolute atomic E-state index is 12.2. The Morgan fingerprint density at radius 2 is 2.06 bits per heavy atom. The van der Waals surface area contributed by atoms with Crippen LogP contribution >= 0.6 is 0 Å². The monoisotopic (exact) mass is 225 g/mol. The molecule has 0 aliphatic rings. The topological polar surface area (TPSA) is 47.6 Å². The van der Waals surface area contributed by atoms with E-state index in [1.165, 1.54) is 0 Å². The van der Waals surface area contributed by atoms with Gasteiger partial charge >= 0.3 is 6.09 Å². The summed E-state index contributed by atoms with van der Waals surface area (Å²) >= 11 is 0. The van der Waals surface area contributed by atoms with Gasteiger partial charge in [-0.1, -0.05) is 6.58 Å². The van der Waals surface area contributed by atoms with E-state index >= 15 is 0 Å². The van der Waals surface area contributed by atoms with Crippen molar-refractivity contribution in [3.05, 3.63) is 36.7 Å². The molecule has 0 aliphatic carbocycles. The fourth-order valence-electron chi connectivity index (χ4n) is 0.972. The van der Waals surface area contributed by atoms with E-state index in [1.54, 1.807) is 31.4 Å². The molecule has 86 valence electrons. The lowest BCUT2D eigenvalue weighted by atomic mass is 10.3. The summed E-state index contributed by atoms with van der Waals surface area (Å²) in [5.41, 5.74) is 0.537. The predicted octanol–water partition coefficient (Wildman–Crippen LogP) is 2.73. The highest BCUT2D eigenvalue weighted by atomic mass is 19.1. The van der Waals surface area contributed by atoms with Crippen molar-refractivity contribution in [1.29, 1.82) is 0 Å². The summed E-state index contributed by atoms with van der Waals surface area (Å²) < 4.78 is 21.6. The molecule has 0 saturated heterocycles. The summed E-state index contributed by atoms with van der Waals surface area (Å²) in [6.45, 7) is 2.53. The molecule has 16 heavy (non-hydrogen) atoms. The van der Waals surface area contributed by atoms with Crippen LogP contribution in [0.15, 0.2) is 36.7 Å². The summed E-state index contributed by atoms with van der Waals surface area (Å²) in [5.74, 6) is -0.0269. The number of carbonyl (C=O) groups is 1. The molecule has 0 aliphatic heterocycles. The van der Waals surface area contributed by atoms with Crippen molar-refractivity contribution in [3.63, 3.8) is 0 Å². The van der Waals surface area contributed by atoms with Crippen LogP contribution in [-0.4, -0.2) is 19.8 Å². The van der Waals surface area contributed by atoms with E-state index in [1.807, 2.05) is 0 Å². The second-order valence-electron chi connectivity index (χ2n) is 2.95. The van der Waals surface area contributed by atoms with Crippen molar-refractivity contribution in [3.8, 4) is 5.75 Å². The minimum Gasteiger partial charge on any atom is -0.497 e. The molecule has 0 fully saturated rings. The molecule has 5 heteroatoms. The van der Waals surface area contributed by atoms with Crippen LogP contribution in [0, 0.1) is 0 Å². The molecule has 0 bridgehead atoms. The minimum absolute atomic E-state index is 0.442. The Labute approximate surface area is 92.7 Å². The van der Waals surface area contributed by atoms with Crippen molar-refractivity contribution in [2.24, 2.45) is 0 Å². The molecule has 1 aromatic carbocycles. The molecule has 0 saturated carbocycles. The number of hydrogen-bond donors (Lipinski definition) is 1. The van der Waals surface area contributed by atoms with Crippen molar-refractivity contribution in [1.82, 2.24) is 0 Å². The standard InChI is InChI=1S/C11H12FNO3/c1-8(12)7-16-11(14)13-9-3-5-10(15-2)6-4-9/h3-6H,1,7H2,2H3,(H,13,14). The van der Waals surface area contributed by atoms with Gasteiger partial charge in [-0.2, -0.15) is 0 Å². The summed E-state index contributed by atoms with van der Waals surface area (Å²) in [6, 6.07) is 6.65. The third kappa shape index (κ3) is 4.00. The molecule has 0 heterocycles. The van der Waals surface area contributed by atoms with Gasteiger partial charge in [0.1, 0.15) is 18.2 Å². The normalized spacial score (nSPS) is 9.38. The Balaban J connectivity index is 2.46. The Morgan fingerprint density at radius 3 is 2.56 bits per heavy atom. The summed E-state index contributed by atoms with van der Waals surface area (Å²) in [5, 5.41) is 2.42. The molecular formula is C11H12FNO3. The van der Waals surface area contributed by atoms with E-state index in [-0.39, 0.29) is 0 Å². The van der Waals surface area contributed by atoms with Crippen LogP contribution in [0.3, 0.4) is 0 Å². The highest BCUT2D eigenvalue weighted by molar-refractivity contribution is 5.84. The third-order valence-electron chi connectivity index (χ3n) is 1.70. The van der Waals surface area contributed by atoms with E-state index in [2.05, 4.69) is 16.6 Å². The van der Waals surface area contributed by atoms with Gasteiger partial charge in [0.25, 0.3) is 0 Å². The molecule has 0 unspecified atom stereocenters. The van der Waals surface area contributed by atoms with Crippen molar-refractivity contribution in [2.75, 3.05) is 19.0 Å². The molecule has 1 N–H and O–H groups in total. The summed E-state index contributed by atoms with van der Waals surface area (Å²) in [7, 11) is 1.55. The lowest BCUT2D eigenvalue weighted by Crippen LogP contribution is -2.14. The van der Waals surface area contributed by atoms with Crippen molar-refractivity contribution >= 4 is 11.8 Å². The number of methoxy groups -OCH3 is 1. The van der Waals surface area contributed by atoms with Crippen LogP contribution in [0.5, 0.6) is 5.75 Å². The fourth-order valence-corrected chi connectivity index (χ4v) is 0.972. The number of carbonyl (C=O) groups excluding carboxylic acids is 1. The number of halogens is 1. The fraction of sp³-hybridized carbons (Fsp3) is 0.182. The molecule has 1 rings (SSSR count). The maximum Gasteiger partial charge on any atom is 0.412 e. The smallest absolute Gasteiger partial charge is 0.412 e. The lowest BCUT2D eigenvalue weighted by molar-refractivity contribution is 0.165. The Bertz CT molecular complexity index is 375. The average molecular weight is 225 g/mol. The van der Waals surface area contributed by atoms with Gasteiger partial charge in [0.15, 0.2) is 0 Å². The van der Waals surface area contributed by atoms with Crippen LogP contribution in [0.4, 0.5) is 14.9 Å². The van der Waals surface area contributed by atoms with E-state index in [0.29, 0.717) is 11.4 Å². The molecule has 0 atom stereocenters. The SMILES string of the molecule is C=C(F)COC(=O)Nc1ccc(OC)cc1. The lowest BCUT2D eigenvalue weighted by Gasteiger charge is -2.06. The number of nitrogens with one attached hydrogen (secondary N) is 1. The summed E-state index contributed by atoms with van der Waals surface area (Å²) in [6.07, 6.45) is -0.732. The second-order valence-corrected chi connectivity index (χ2v) is 2.95. The zero-order valence-electron chi connectivity index (χ0n) is 8.83. The minimum atomic E-state index is -0.732. The van der Waals surface area contributed by atoms with Crippen LogP contribution in [0.25, 0.3) is 0 Å². The first-order valence-corrected chi connectivity index (χ1v) is 4.53. The van der Waals surface area contributed by atoms with Crippen LogP contribution < -0.4 is 10.1 Å². The molecule has 0 spiro atoms. The van der Waals surface area contributed by atoms with E-state index in [9.17, 15) is 9.18 Å². The maximum atomic E-state index is 12.2. The molecule has 1 aromatic rings. The predicted molar refractivity (Wildman–Crippen MR) is 58.2 cm³/mol. The number of anilines is 1. The number of rotatable bonds is 4. The number of benzene rings is 1. The first kappa shape index (κ1) is 12.0.